The Hall–Kier alpha value is -1.79. The number of nitrogens with one attached hydrogen (secondary N) is 1. The van der Waals surface area contributed by atoms with E-state index in [0.717, 1.165) is 14.8 Å². The fourth-order valence-corrected chi connectivity index (χ4v) is 3.01. The Morgan fingerprint density at radius 3 is 2.95 bits per heavy atom. The van der Waals surface area contributed by atoms with Gasteiger partial charge in [-0.1, -0.05) is 17.7 Å². The van der Waals surface area contributed by atoms with Crippen LogP contribution in [0.4, 0.5) is 4.79 Å². The maximum Gasteiger partial charge on any atom is 0.317 e. The third-order valence-corrected chi connectivity index (χ3v) is 4.15. The van der Waals surface area contributed by atoms with Gasteiger partial charge in [-0.3, -0.25) is 0 Å². The maximum absolute atomic E-state index is 12.1. The number of ether oxygens (including phenoxy) is 1. The second-order valence-electron chi connectivity index (χ2n) is 4.62. The van der Waals surface area contributed by atoms with Crippen LogP contribution in [-0.4, -0.2) is 29.6 Å². The van der Waals surface area contributed by atoms with E-state index in [2.05, 4.69) is 10.3 Å². The predicted octanol–water partition coefficient (Wildman–Crippen LogP) is 3.54. The Balaban J connectivity index is 1.89. The summed E-state index contributed by atoms with van der Waals surface area (Å²) >= 11 is 7.36. The number of hydrogen-bond acceptors (Lipinski definition) is 4. The molecule has 0 radical (unpaired) electrons. The van der Waals surface area contributed by atoms with E-state index in [1.54, 1.807) is 18.1 Å². The fourth-order valence-electron chi connectivity index (χ4n) is 1.87. The lowest BCUT2D eigenvalue weighted by Gasteiger charge is -2.17. The zero-order valence-corrected chi connectivity index (χ0v) is 14.1. The van der Waals surface area contributed by atoms with Crippen molar-refractivity contribution in [3.8, 4) is 5.88 Å². The minimum Gasteiger partial charge on any atom is -0.478 e. The van der Waals surface area contributed by atoms with Crippen LogP contribution in [-0.2, 0) is 13.1 Å². The number of halogens is 1. The van der Waals surface area contributed by atoms with Crippen molar-refractivity contribution in [2.24, 2.45) is 0 Å². The van der Waals surface area contributed by atoms with Crippen LogP contribution in [0.5, 0.6) is 5.88 Å². The van der Waals surface area contributed by atoms with Crippen LogP contribution in [0.3, 0.4) is 0 Å². The summed E-state index contributed by atoms with van der Waals surface area (Å²) in [6.45, 7) is 3.33. The Kier molecular flexibility index (Phi) is 6.03. The van der Waals surface area contributed by atoms with E-state index in [1.807, 2.05) is 31.2 Å². The van der Waals surface area contributed by atoms with Gasteiger partial charge in [-0.15, -0.1) is 11.3 Å². The smallest absolute Gasteiger partial charge is 0.317 e. The second kappa shape index (κ2) is 8.00. The zero-order chi connectivity index (χ0) is 15.9. The van der Waals surface area contributed by atoms with Crippen molar-refractivity contribution in [3.63, 3.8) is 0 Å². The summed E-state index contributed by atoms with van der Waals surface area (Å²) in [5.74, 6) is 0.554. The van der Waals surface area contributed by atoms with Crippen molar-refractivity contribution in [1.29, 1.82) is 0 Å². The average Bonchev–Trinajstić information content (AvgIpc) is 2.91. The molecule has 0 aromatic carbocycles. The number of pyridine rings is 1. The molecule has 0 bridgehead atoms. The highest BCUT2D eigenvalue weighted by atomic mass is 35.5. The molecular formula is C15H18ClN3O2S. The Morgan fingerprint density at radius 1 is 1.45 bits per heavy atom. The first-order valence-electron chi connectivity index (χ1n) is 6.90. The third-order valence-electron chi connectivity index (χ3n) is 2.93. The van der Waals surface area contributed by atoms with E-state index in [9.17, 15) is 4.79 Å². The monoisotopic (exact) mass is 339 g/mol. The highest BCUT2D eigenvalue weighted by Gasteiger charge is 2.11. The number of amides is 2. The van der Waals surface area contributed by atoms with E-state index in [0.29, 0.717) is 25.6 Å². The third kappa shape index (κ3) is 4.61. The van der Waals surface area contributed by atoms with Gasteiger partial charge in [0.05, 0.1) is 17.5 Å². The van der Waals surface area contributed by atoms with Gasteiger partial charge in [-0.05, 0) is 25.1 Å². The van der Waals surface area contributed by atoms with Crippen LogP contribution in [0.25, 0.3) is 0 Å². The van der Waals surface area contributed by atoms with Crippen LogP contribution in [0.15, 0.2) is 30.5 Å². The summed E-state index contributed by atoms with van der Waals surface area (Å²) in [7, 11) is 1.75. The molecule has 2 aromatic rings. The largest absolute Gasteiger partial charge is 0.478 e. The van der Waals surface area contributed by atoms with Crippen molar-refractivity contribution in [1.82, 2.24) is 15.2 Å². The van der Waals surface area contributed by atoms with Gasteiger partial charge in [0, 0.05) is 30.2 Å². The van der Waals surface area contributed by atoms with Gasteiger partial charge >= 0.3 is 6.03 Å². The maximum atomic E-state index is 12.1. The molecule has 0 aliphatic rings. The number of carbonyl (C=O) groups excluding carboxylic acids is 1. The fraction of sp³-hybridized carbons (Fsp3) is 0.333. The van der Waals surface area contributed by atoms with Gasteiger partial charge < -0.3 is 15.0 Å². The molecule has 22 heavy (non-hydrogen) atoms. The zero-order valence-electron chi connectivity index (χ0n) is 12.5. The van der Waals surface area contributed by atoms with Crippen molar-refractivity contribution in [3.05, 3.63) is 45.2 Å². The number of urea groups is 1. The number of rotatable bonds is 6. The molecule has 118 valence electrons. The molecule has 7 heteroatoms. The van der Waals surface area contributed by atoms with E-state index >= 15 is 0 Å². The first-order chi connectivity index (χ1) is 10.6. The predicted molar refractivity (Wildman–Crippen MR) is 88.4 cm³/mol. The molecule has 0 saturated heterocycles. The summed E-state index contributed by atoms with van der Waals surface area (Å²) in [4.78, 5) is 18.9. The first kappa shape index (κ1) is 16.6. The van der Waals surface area contributed by atoms with Crippen molar-refractivity contribution >= 4 is 29.0 Å². The molecule has 2 amide bonds. The van der Waals surface area contributed by atoms with Crippen LogP contribution in [0, 0.1) is 0 Å². The van der Waals surface area contributed by atoms with E-state index < -0.39 is 0 Å². The van der Waals surface area contributed by atoms with Gasteiger partial charge in [0.15, 0.2) is 0 Å². The SMILES string of the molecule is CCOc1ncccc1CNC(=O)N(C)Cc1ccc(Cl)s1. The summed E-state index contributed by atoms with van der Waals surface area (Å²) < 4.78 is 6.16. The average molecular weight is 340 g/mol. The van der Waals surface area contributed by atoms with Gasteiger partial charge in [0.1, 0.15) is 0 Å². The molecule has 0 spiro atoms. The van der Waals surface area contributed by atoms with Crippen molar-refractivity contribution in [2.75, 3.05) is 13.7 Å². The lowest BCUT2D eigenvalue weighted by Crippen LogP contribution is -2.36. The molecule has 2 aromatic heterocycles. The van der Waals surface area contributed by atoms with E-state index in [-0.39, 0.29) is 6.03 Å². The Morgan fingerprint density at radius 2 is 2.27 bits per heavy atom. The quantitative estimate of drug-likeness (QED) is 0.875. The lowest BCUT2D eigenvalue weighted by molar-refractivity contribution is 0.206. The minimum absolute atomic E-state index is 0.157. The highest BCUT2D eigenvalue weighted by molar-refractivity contribution is 7.16. The molecule has 0 saturated carbocycles. The van der Waals surface area contributed by atoms with Crippen LogP contribution in [0.2, 0.25) is 4.34 Å². The molecule has 0 fully saturated rings. The number of aromatic nitrogens is 1. The molecule has 2 heterocycles. The normalized spacial score (nSPS) is 10.3. The molecule has 0 aliphatic heterocycles. The van der Waals surface area contributed by atoms with Gasteiger partial charge in [-0.25, -0.2) is 9.78 Å². The topological polar surface area (TPSA) is 54.5 Å². The number of hydrogen-bond donors (Lipinski definition) is 1. The van der Waals surface area contributed by atoms with Crippen molar-refractivity contribution < 1.29 is 9.53 Å². The number of nitrogens with zero attached hydrogens (tertiary/aromatic N) is 2. The van der Waals surface area contributed by atoms with E-state index in [4.69, 9.17) is 16.3 Å². The summed E-state index contributed by atoms with van der Waals surface area (Å²) in [5.41, 5.74) is 0.852. The molecule has 0 unspecified atom stereocenters. The molecular weight excluding hydrogens is 322 g/mol. The molecule has 0 atom stereocenters. The summed E-state index contributed by atoms with van der Waals surface area (Å²) in [5, 5.41) is 2.86. The summed E-state index contributed by atoms with van der Waals surface area (Å²) in [6.07, 6.45) is 1.67. The van der Waals surface area contributed by atoms with E-state index in [1.165, 1.54) is 11.3 Å². The first-order valence-corrected chi connectivity index (χ1v) is 8.09. The molecule has 2 rings (SSSR count). The van der Waals surface area contributed by atoms with Crippen LogP contribution < -0.4 is 10.1 Å². The van der Waals surface area contributed by atoms with Crippen LogP contribution in [0.1, 0.15) is 17.4 Å². The molecule has 1 N–H and O–H groups in total. The van der Waals surface area contributed by atoms with Gasteiger partial charge in [0.2, 0.25) is 5.88 Å². The standard InChI is InChI=1S/C15H18ClN3O2S/c1-3-21-14-11(5-4-8-17-14)9-18-15(20)19(2)10-12-6-7-13(16)22-12/h4-8H,3,9-10H2,1-2H3,(H,18,20). The molecule has 0 aliphatic carbocycles. The second-order valence-corrected chi connectivity index (χ2v) is 6.42. The Bertz CT molecular complexity index is 633. The van der Waals surface area contributed by atoms with Crippen LogP contribution >= 0.6 is 22.9 Å². The van der Waals surface area contributed by atoms with Gasteiger partial charge in [0.25, 0.3) is 0 Å². The minimum atomic E-state index is -0.157. The number of carbonyl (C=O) groups is 1. The summed E-state index contributed by atoms with van der Waals surface area (Å²) in [6, 6.07) is 7.30. The molecule has 5 nitrogen and oxygen atoms in total. The number of thiophene rings is 1. The van der Waals surface area contributed by atoms with Gasteiger partial charge in [-0.2, -0.15) is 0 Å². The Labute approximate surface area is 138 Å². The van der Waals surface area contributed by atoms with Crippen molar-refractivity contribution in [2.45, 2.75) is 20.0 Å². The lowest BCUT2D eigenvalue weighted by atomic mass is 10.2. The highest BCUT2D eigenvalue weighted by Crippen LogP contribution is 2.22.